The van der Waals surface area contributed by atoms with Crippen molar-refractivity contribution < 1.29 is 8.60 Å². The van der Waals surface area contributed by atoms with E-state index in [4.69, 9.17) is 5.73 Å². The molecule has 0 saturated carbocycles. The van der Waals surface area contributed by atoms with Crippen molar-refractivity contribution in [1.29, 1.82) is 0 Å². The van der Waals surface area contributed by atoms with Gasteiger partial charge in [0.15, 0.2) is 0 Å². The summed E-state index contributed by atoms with van der Waals surface area (Å²) >= 11 is 0. The fourth-order valence-corrected chi connectivity index (χ4v) is 2.91. The quantitative estimate of drug-likeness (QED) is 0.865. The molecule has 0 amide bonds. The van der Waals surface area contributed by atoms with Crippen LogP contribution in [0.15, 0.2) is 47.4 Å². The fourth-order valence-electron chi connectivity index (χ4n) is 1.69. The first kappa shape index (κ1) is 12.8. The fraction of sp³-hybridized carbons (Fsp3) is 0.143. The summed E-state index contributed by atoms with van der Waals surface area (Å²) < 4.78 is 25.8. The van der Waals surface area contributed by atoms with Gasteiger partial charge in [-0.2, -0.15) is 0 Å². The molecule has 1 unspecified atom stereocenters. The van der Waals surface area contributed by atoms with Gasteiger partial charge in [-0.3, -0.25) is 4.21 Å². The van der Waals surface area contributed by atoms with Crippen molar-refractivity contribution in [1.82, 2.24) is 0 Å². The van der Waals surface area contributed by atoms with E-state index >= 15 is 0 Å². The number of rotatable bonds is 3. The van der Waals surface area contributed by atoms with Crippen LogP contribution in [0.5, 0.6) is 0 Å². The second-order valence-corrected chi connectivity index (χ2v) is 5.58. The molecule has 0 bridgehead atoms. The number of benzene rings is 2. The first-order chi connectivity index (χ1) is 8.58. The van der Waals surface area contributed by atoms with Crippen LogP contribution in [0.1, 0.15) is 11.1 Å². The van der Waals surface area contributed by atoms with Crippen LogP contribution >= 0.6 is 0 Å². The first-order valence-corrected chi connectivity index (χ1v) is 6.87. The molecule has 0 spiro atoms. The van der Waals surface area contributed by atoms with Crippen molar-refractivity contribution in [2.45, 2.75) is 17.6 Å². The molecule has 0 aliphatic rings. The van der Waals surface area contributed by atoms with Crippen LogP contribution in [0.25, 0.3) is 0 Å². The van der Waals surface area contributed by atoms with Crippen molar-refractivity contribution in [2.24, 2.45) is 0 Å². The van der Waals surface area contributed by atoms with Gasteiger partial charge in [-0.05, 0) is 30.7 Å². The zero-order chi connectivity index (χ0) is 13.1. The van der Waals surface area contributed by atoms with Crippen molar-refractivity contribution in [2.75, 3.05) is 5.73 Å². The lowest BCUT2D eigenvalue weighted by Gasteiger charge is -2.06. The number of hydrogen-bond acceptors (Lipinski definition) is 2. The molecule has 1 atom stereocenters. The van der Waals surface area contributed by atoms with Crippen LogP contribution in [-0.2, 0) is 16.6 Å². The maximum Gasteiger partial charge on any atom is 0.150 e. The van der Waals surface area contributed by atoms with Crippen LogP contribution in [-0.4, -0.2) is 4.21 Å². The maximum atomic E-state index is 13.7. The Morgan fingerprint density at radius 3 is 2.67 bits per heavy atom. The van der Waals surface area contributed by atoms with Crippen molar-refractivity contribution in [3.63, 3.8) is 0 Å². The van der Waals surface area contributed by atoms with E-state index in [-0.39, 0.29) is 11.4 Å². The average Bonchev–Trinajstić information content (AvgIpc) is 2.35. The lowest BCUT2D eigenvalue weighted by atomic mass is 10.2. The van der Waals surface area contributed by atoms with Crippen molar-refractivity contribution >= 4 is 16.5 Å². The van der Waals surface area contributed by atoms with Gasteiger partial charge in [0.2, 0.25) is 0 Å². The monoisotopic (exact) mass is 263 g/mol. The maximum absolute atomic E-state index is 13.7. The molecule has 0 aromatic heterocycles. The second kappa shape index (κ2) is 5.31. The summed E-state index contributed by atoms with van der Waals surface area (Å²) in [5.41, 5.74) is 7.00. The number of nitrogen functional groups attached to an aromatic ring is 1. The smallest absolute Gasteiger partial charge is 0.150 e. The van der Waals surface area contributed by atoms with E-state index in [1.54, 1.807) is 18.2 Å². The van der Waals surface area contributed by atoms with Gasteiger partial charge in [-0.1, -0.05) is 24.3 Å². The molecule has 94 valence electrons. The van der Waals surface area contributed by atoms with Crippen LogP contribution in [0.4, 0.5) is 10.1 Å². The summed E-state index contributed by atoms with van der Waals surface area (Å²) in [5.74, 6) is -0.334. The molecule has 0 saturated heterocycles. The molecule has 0 radical (unpaired) electrons. The van der Waals surface area contributed by atoms with E-state index in [9.17, 15) is 8.60 Å². The van der Waals surface area contributed by atoms with E-state index in [2.05, 4.69) is 0 Å². The molecule has 18 heavy (non-hydrogen) atoms. The number of anilines is 1. The number of hydrogen-bond donors (Lipinski definition) is 1. The lowest BCUT2D eigenvalue weighted by molar-refractivity contribution is 0.620. The van der Waals surface area contributed by atoms with Crippen molar-refractivity contribution in [3.8, 4) is 0 Å². The van der Waals surface area contributed by atoms with Gasteiger partial charge in [-0.15, -0.1) is 0 Å². The van der Waals surface area contributed by atoms with E-state index in [0.717, 1.165) is 5.56 Å². The van der Waals surface area contributed by atoms with Crippen LogP contribution in [0, 0.1) is 12.7 Å². The van der Waals surface area contributed by atoms with Gasteiger partial charge in [0, 0.05) is 10.5 Å². The Bertz CT molecular complexity index is 598. The Kier molecular flexibility index (Phi) is 3.77. The van der Waals surface area contributed by atoms with Crippen molar-refractivity contribution in [3.05, 3.63) is 59.4 Å². The Balaban J connectivity index is 2.24. The third-order valence-corrected chi connectivity index (χ3v) is 4.00. The van der Waals surface area contributed by atoms with Crippen LogP contribution in [0.3, 0.4) is 0 Å². The molecular weight excluding hydrogens is 249 g/mol. The highest BCUT2D eigenvalue weighted by Crippen LogP contribution is 2.19. The molecule has 0 aliphatic heterocycles. The zero-order valence-electron chi connectivity index (χ0n) is 10.0. The SMILES string of the molecule is Cc1cccc(S(=O)Cc2cccc(N)c2F)c1. The zero-order valence-corrected chi connectivity index (χ0v) is 10.8. The molecule has 2 rings (SSSR count). The number of nitrogens with two attached hydrogens (primary N) is 1. The van der Waals surface area contributed by atoms with E-state index in [0.29, 0.717) is 10.5 Å². The summed E-state index contributed by atoms with van der Waals surface area (Å²) in [6, 6.07) is 12.2. The minimum absolute atomic E-state index is 0.0914. The van der Waals surface area contributed by atoms with Gasteiger partial charge in [0.25, 0.3) is 0 Å². The Morgan fingerprint density at radius 1 is 1.22 bits per heavy atom. The summed E-state index contributed by atoms with van der Waals surface area (Å²) in [7, 11) is -1.26. The molecular formula is C14H14FNOS. The average molecular weight is 263 g/mol. The largest absolute Gasteiger partial charge is 0.396 e. The summed E-state index contributed by atoms with van der Waals surface area (Å²) in [6.45, 7) is 1.93. The molecule has 0 aliphatic carbocycles. The van der Waals surface area contributed by atoms with Crippen LogP contribution < -0.4 is 5.73 Å². The summed E-state index contributed by atoms with van der Waals surface area (Å²) in [5, 5.41) is 0. The minimum Gasteiger partial charge on any atom is -0.396 e. The molecule has 0 fully saturated rings. The minimum atomic E-state index is -1.26. The summed E-state index contributed by atoms with van der Waals surface area (Å²) in [6.07, 6.45) is 0. The number of halogens is 1. The highest BCUT2D eigenvalue weighted by molar-refractivity contribution is 7.84. The molecule has 2 N–H and O–H groups in total. The van der Waals surface area contributed by atoms with E-state index < -0.39 is 16.6 Å². The molecule has 4 heteroatoms. The Labute approximate surface area is 108 Å². The lowest BCUT2D eigenvalue weighted by Crippen LogP contribution is -2.01. The van der Waals surface area contributed by atoms with Gasteiger partial charge in [0.1, 0.15) is 5.82 Å². The van der Waals surface area contributed by atoms with Gasteiger partial charge in [-0.25, -0.2) is 4.39 Å². The predicted molar refractivity (Wildman–Crippen MR) is 72.1 cm³/mol. The van der Waals surface area contributed by atoms with Gasteiger partial charge < -0.3 is 5.73 Å². The second-order valence-electron chi connectivity index (χ2n) is 4.13. The topological polar surface area (TPSA) is 43.1 Å². The predicted octanol–water partition coefficient (Wildman–Crippen LogP) is 3.02. The first-order valence-electron chi connectivity index (χ1n) is 5.56. The third kappa shape index (κ3) is 2.76. The molecule has 2 nitrogen and oxygen atoms in total. The van der Waals surface area contributed by atoms with Crippen LogP contribution in [0.2, 0.25) is 0 Å². The Morgan fingerprint density at radius 2 is 1.94 bits per heavy atom. The highest BCUT2D eigenvalue weighted by atomic mass is 32.2. The molecule has 2 aromatic carbocycles. The third-order valence-electron chi connectivity index (χ3n) is 2.65. The number of aryl methyl sites for hydroxylation is 1. The standard InChI is InChI=1S/C14H14FNOS/c1-10-4-2-6-12(8-10)18(17)9-11-5-3-7-13(16)14(11)15/h2-8H,9,16H2,1H3. The molecule has 0 heterocycles. The Hall–Kier alpha value is -1.68. The highest BCUT2D eigenvalue weighted by Gasteiger charge is 2.10. The normalized spacial score (nSPS) is 12.3. The molecule has 2 aromatic rings. The van der Waals surface area contributed by atoms with Gasteiger partial charge in [0.05, 0.1) is 22.2 Å². The van der Waals surface area contributed by atoms with E-state index in [1.165, 1.54) is 6.07 Å². The van der Waals surface area contributed by atoms with E-state index in [1.807, 2.05) is 25.1 Å². The summed E-state index contributed by atoms with van der Waals surface area (Å²) in [4.78, 5) is 0.705. The van der Waals surface area contributed by atoms with Gasteiger partial charge >= 0.3 is 0 Å².